The predicted molar refractivity (Wildman–Crippen MR) is 115 cm³/mol. The number of nitro benzene ring substituents is 1. The van der Waals surface area contributed by atoms with Crippen molar-refractivity contribution in [2.24, 2.45) is 0 Å². The van der Waals surface area contributed by atoms with Crippen LogP contribution < -0.4 is 0 Å². The van der Waals surface area contributed by atoms with Gasteiger partial charge in [-0.3, -0.25) is 14.9 Å². The molecule has 4 aromatic rings. The van der Waals surface area contributed by atoms with Crippen LogP contribution in [0.3, 0.4) is 0 Å². The van der Waals surface area contributed by atoms with Crippen LogP contribution in [-0.4, -0.2) is 20.5 Å². The maximum atomic E-state index is 13.4. The highest BCUT2D eigenvalue weighted by Gasteiger charge is 2.12. The Morgan fingerprint density at radius 2 is 1.65 bits per heavy atom. The Kier molecular flexibility index (Phi) is 5.49. The van der Waals surface area contributed by atoms with E-state index in [1.807, 2.05) is 30.3 Å². The lowest BCUT2D eigenvalue weighted by Gasteiger charge is -2.00. The van der Waals surface area contributed by atoms with Gasteiger partial charge >= 0.3 is 0 Å². The number of ketones is 1. The van der Waals surface area contributed by atoms with Gasteiger partial charge in [-0.2, -0.15) is 5.10 Å². The Bertz CT molecular complexity index is 1260. The number of halogens is 1. The minimum absolute atomic E-state index is 0.0803. The fourth-order valence-electron chi connectivity index (χ4n) is 3.06. The highest BCUT2D eigenvalue weighted by molar-refractivity contribution is 6.07. The van der Waals surface area contributed by atoms with E-state index in [0.29, 0.717) is 22.4 Å². The summed E-state index contributed by atoms with van der Waals surface area (Å²) in [6, 6.07) is 20.9. The minimum Gasteiger partial charge on any atom is -0.289 e. The van der Waals surface area contributed by atoms with Gasteiger partial charge in [-0.05, 0) is 60.7 Å². The van der Waals surface area contributed by atoms with Crippen LogP contribution >= 0.6 is 0 Å². The Hall–Kier alpha value is -4.39. The largest absolute Gasteiger partial charge is 0.289 e. The molecule has 0 N–H and O–H groups in total. The van der Waals surface area contributed by atoms with E-state index in [0.717, 1.165) is 5.69 Å². The molecule has 0 spiro atoms. The lowest BCUT2D eigenvalue weighted by molar-refractivity contribution is -0.384. The van der Waals surface area contributed by atoms with Crippen LogP contribution in [0.5, 0.6) is 0 Å². The molecule has 0 bridgehead atoms. The van der Waals surface area contributed by atoms with Gasteiger partial charge in [0.2, 0.25) is 0 Å². The smallest absolute Gasteiger partial charge is 0.269 e. The van der Waals surface area contributed by atoms with Crippen molar-refractivity contribution in [3.63, 3.8) is 0 Å². The lowest BCUT2D eigenvalue weighted by Crippen LogP contribution is -1.95. The molecular weight excluding hydrogens is 397 g/mol. The second kappa shape index (κ2) is 8.54. The maximum Gasteiger partial charge on any atom is 0.269 e. The zero-order valence-corrected chi connectivity index (χ0v) is 16.2. The van der Waals surface area contributed by atoms with Crippen molar-refractivity contribution < 1.29 is 14.1 Å². The molecule has 0 unspecified atom stereocenters. The molecule has 0 saturated carbocycles. The normalized spacial score (nSPS) is 11.0. The molecule has 31 heavy (non-hydrogen) atoms. The third-order valence-corrected chi connectivity index (χ3v) is 4.66. The summed E-state index contributed by atoms with van der Waals surface area (Å²) in [5, 5.41) is 15.4. The van der Waals surface area contributed by atoms with Gasteiger partial charge in [0.15, 0.2) is 5.78 Å². The van der Waals surface area contributed by atoms with E-state index in [9.17, 15) is 19.3 Å². The number of benzene rings is 3. The standard InChI is InChI=1S/C24H16FN3O3/c25-20-11-6-18(7-12-20)24-19(16-27(26-24)21-4-2-1-3-5-21)10-15-23(29)17-8-13-22(14-9-17)28(30)31/h1-16H/b15-10-. The van der Waals surface area contributed by atoms with E-state index in [1.165, 1.54) is 42.5 Å². The molecule has 1 aromatic heterocycles. The topological polar surface area (TPSA) is 78.0 Å². The summed E-state index contributed by atoms with van der Waals surface area (Å²) in [4.78, 5) is 22.8. The number of aromatic nitrogens is 2. The number of rotatable bonds is 6. The molecule has 0 aliphatic rings. The van der Waals surface area contributed by atoms with Crippen molar-refractivity contribution in [3.8, 4) is 16.9 Å². The number of carbonyl (C=O) groups excluding carboxylic acids is 1. The first kappa shape index (κ1) is 19.9. The molecule has 0 radical (unpaired) electrons. The van der Waals surface area contributed by atoms with E-state index >= 15 is 0 Å². The molecular formula is C24H16FN3O3. The summed E-state index contributed by atoms with van der Waals surface area (Å²) in [7, 11) is 0. The van der Waals surface area contributed by atoms with E-state index in [-0.39, 0.29) is 17.3 Å². The fourth-order valence-corrected chi connectivity index (χ4v) is 3.06. The SMILES string of the molecule is O=C(/C=C\c1cn(-c2ccccc2)nc1-c1ccc(F)cc1)c1ccc([N+](=O)[O-])cc1. The first-order valence-corrected chi connectivity index (χ1v) is 9.39. The second-order valence-corrected chi connectivity index (χ2v) is 6.72. The molecule has 4 rings (SSSR count). The van der Waals surface area contributed by atoms with Crippen molar-refractivity contribution >= 4 is 17.5 Å². The first-order chi connectivity index (χ1) is 15.0. The van der Waals surface area contributed by atoms with Gasteiger partial charge in [0.1, 0.15) is 5.82 Å². The number of hydrogen-bond acceptors (Lipinski definition) is 4. The van der Waals surface area contributed by atoms with Crippen LogP contribution in [0.25, 0.3) is 23.0 Å². The molecule has 0 fully saturated rings. The third-order valence-electron chi connectivity index (χ3n) is 4.66. The average molecular weight is 413 g/mol. The van der Waals surface area contributed by atoms with Gasteiger partial charge < -0.3 is 0 Å². The molecule has 0 aliphatic carbocycles. The van der Waals surface area contributed by atoms with Crippen LogP contribution in [0.15, 0.2) is 91.1 Å². The number of allylic oxidation sites excluding steroid dienone is 1. The lowest BCUT2D eigenvalue weighted by atomic mass is 10.1. The Balaban J connectivity index is 1.69. The zero-order chi connectivity index (χ0) is 21.8. The third kappa shape index (κ3) is 4.45. The van der Waals surface area contributed by atoms with Crippen LogP contribution in [0, 0.1) is 15.9 Å². The minimum atomic E-state index is -0.517. The number of carbonyl (C=O) groups is 1. The van der Waals surface area contributed by atoms with Crippen LogP contribution in [0.4, 0.5) is 10.1 Å². The number of nitro groups is 1. The van der Waals surface area contributed by atoms with Crippen molar-refractivity contribution in [2.75, 3.05) is 0 Å². The molecule has 152 valence electrons. The summed E-state index contributed by atoms with van der Waals surface area (Å²) < 4.78 is 15.1. The van der Waals surface area contributed by atoms with Gasteiger partial charge in [0, 0.05) is 35.0 Å². The zero-order valence-electron chi connectivity index (χ0n) is 16.2. The van der Waals surface area contributed by atoms with Gasteiger partial charge in [-0.1, -0.05) is 18.2 Å². The van der Waals surface area contributed by atoms with E-state index in [4.69, 9.17) is 0 Å². The quantitative estimate of drug-likeness (QED) is 0.181. The summed E-state index contributed by atoms with van der Waals surface area (Å²) in [6.45, 7) is 0. The molecule has 3 aromatic carbocycles. The second-order valence-electron chi connectivity index (χ2n) is 6.72. The number of non-ortho nitro benzene ring substituents is 1. The van der Waals surface area contributed by atoms with Crippen LogP contribution in [0.1, 0.15) is 15.9 Å². The fraction of sp³-hybridized carbons (Fsp3) is 0. The van der Waals surface area contributed by atoms with Crippen LogP contribution in [-0.2, 0) is 0 Å². The molecule has 0 atom stereocenters. The van der Waals surface area contributed by atoms with E-state index < -0.39 is 4.92 Å². The summed E-state index contributed by atoms with van der Waals surface area (Å²) >= 11 is 0. The molecule has 0 aliphatic heterocycles. The summed E-state index contributed by atoms with van der Waals surface area (Å²) in [5.74, 6) is -0.649. The molecule has 1 heterocycles. The van der Waals surface area contributed by atoms with Gasteiger partial charge in [-0.25, -0.2) is 9.07 Å². The van der Waals surface area contributed by atoms with Gasteiger partial charge in [0.25, 0.3) is 5.69 Å². The summed E-state index contributed by atoms with van der Waals surface area (Å²) in [5.41, 5.74) is 3.07. The highest BCUT2D eigenvalue weighted by Crippen LogP contribution is 2.25. The van der Waals surface area contributed by atoms with Crippen molar-refractivity contribution in [1.82, 2.24) is 9.78 Å². The number of para-hydroxylation sites is 1. The average Bonchev–Trinajstić information content (AvgIpc) is 3.23. The van der Waals surface area contributed by atoms with Crippen LogP contribution in [0.2, 0.25) is 0 Å². The molecule has 0 saturated heterocycles. The summed E-state index contributed by atoms with van der Waals surface area (Å²) in [6.07, 6.45) is 4.81. The van der Waals surface area contributed by atoms with Crippen molar-refractivity contribution in [2.45, 2.75) is 0 Å². The molecule has 0 amide bonds. The monoisotopic (exact) mass is 413 g/mol. The number of nitrogens with zero attached hydrogens (tertiary/aromatic N) is 3. The Morgan fingerprint density at radius 1 is 0.968 bits per heavy atom. The first-order valence-electron chi connectivity index (χ1n) is 9.39. The van der Waals surface area contributed by atoms with E-state index in [1.54, 1.807) is 29.1 Å². The van der Waals surface area contributed by atoms with Crippen molar-refractivity contribution in [3.05, 3.63) is 118 Å². The predicted octanol–water partition coefficient (Wildman–Crippen LogP) is 5.48. The van der Waals surface area contributed by atoms with Gasteiger partial charge in [-0.15, -0.1) is 0 Å². The Morgan fingerprint density at radius 3 is 2.29 bits per heavy atom. The van der Waals surface area contributed by atoms with Gasteiger partial charge in [0.05, 0.1) is 16.3 Å². The van der Waals surface area contributed by atoms with Crippen molar-refractivity contribution in [1.29, 1.82) is 0 Å². The van der Waals surface area contributed by atoms with E-state index in [2.05, 4.69) is 5.10 Å². The number of hydrogen-bond donors (Lipinski definition) is 0. The highest BCUT2D eigenvalue weighted by atomic mass is 19.1. The molecule has 7 heteroatoms. The maximum absolute atomic E-state index is 13.4. The molecule has 6 nitrogen and oxygen atoms in total. The Labute approximate surface area is 177 Å².